The van der Waals surface area contributed by atoms with Crippen molar-refractivity contribution in [3.05, 3.63) is 64.9 Å². The smallest absolute Gasteiger partial charge is 0.115 e. The van der Waals surface area contributed by atoms with E-state index in [-0.39, 0.29) is 12.4 Å². The summed E-state index contributed by atoms with van der Waals surface area (Å²) in [5.74, 6) is 0.259. The molecule has 1 aliphatic carbocycles. The van der Waals surface area contributed by atoms with Gasteiger partial charge in [-0.15, -0.1) is 5.73 Å². The Labute approximate surface area is 107 Å². The summed E-state index contributed by atoms with van der Waals surface area (Å²) in [7, 11) is 0. The molecule has 0 amide bonds. The zero-order valence-electron chi connectivity index (χ0n) is 10.4. The molecule has 92 valence electrons. The van der Waals surface area contributed by atoms with Crippen LogP contribution in [0, 0.1) is 0 Å². The van der Waals surface area contributed by atoms with Crippen molar-refractivity contribution in [3.8, 4) is 5.75 Å². The molecule has 2 rings (SSSR count). The van der Waals surface area contributed by atoms with Crippen LogP contribution in [-0.2, 0) is 0 Å². The van der Waals surface area contributed by atoms with Gasteiger partial charge >= 0.3 is 0 Å². The van der Waals surface area contributed by atoms with Crippen LogP contribution in [0.4, 0.5) is 0 Å². The molecule has 0 atom stereocenters. The Kier molecular flexibility index (Phi) is 3.83. The van der Waals surface area contributed by atoms with Crippen molar-refractivity contribution in [2.24, 2.45) is 0 Å². The average Bonchev–Trinajstić information content (AvgIpc) is 2.90. The number of hydrogen-bond acceptors (Lipinski definition) is 2. The summed E-state index contributed by atoms with van der Waals surface area (Å²) in [5, 5.41) is 18.5. The number of allylic oxidation sites excluding steroid dienone is 4. The van der Waals surface area contributed by atoms with Gasteiger partial charge in [0, 0.05) is 12.2 Å². The van der Waals surface area contributed by atoms with E-state index in [0.29, 0.717) is 6.42 Å². The fourth-order valence-electron chi connectivity index (χ4n) is 2.04. The highest BCUT2D eigenvalue weighted by Gasteiger charge is 2.09. The van der Waals surface area contributed by atoms with Crippen LogP contribution >= 0.6 is 0 Å². The minimum absolute atomic E-state index is 0.115. The average molecular weight is 240 g/mol. The fourth-order valence-corrected chi connectivity index (χ4v) is 2.04. The molecule has 0 bridgehead atoms. The molecule has 0 unspecified atom stereocenters. The van der Waals surface area contributed by atoms with Gasteiger partial charge in [-0.05, 0) is 54.3 Å². The van der Waals surface area contributed by atoms with Crippen molar-refractivity contribution in [2.45, 2.75) is 13.3 Å². The van der Waals surface area contributed by atoms with Crippen LogP contribution in [0.5, 0.6) is 5.75 Å². The zero-order chi connectivity index (χ0) is 13.0. The molecule has 1 aliphatic rings. The van der Waals surface area contributed by atoms with Gasteiger partial charge in [0.2, 0.25) is 0 Å². The van der Waals surface area contributed by atoms with Crippen LogP contribution < -0.4 is 0 Å². The maximum Gasteiger partial charge on any atom is 0.115 e. The minimum atomic E-state index is 0.115. The van der Waals surface area contributed by atoms with Crippen LogP contribution in [0.3, 0.4) is 0 Å². The first-order valence-electron chi connectivity index (χ1n) is 5.96. The monoisotopic (exact) mass is 240 g/mol. The summed E-state index contributed by atoms with van der Waals surface area (Å²) in [6.45, 7) is 2.14. The van der Waals surface area contributed by atoms with Gasteiger partial charge in [0.25, 0.3) is 0 Å². The number of benzene rings is 1. The molecule has 0 fully saturated rings. The molecule has 0 aromatic heterocycles. The Morgan fingerprint density at radius 3 is 2.50 bits per heavy atom. The third kappa shape index (κ3) is 2.62. The fraction of sp³-hybridized carbons (Fsp3) is 0.188. The lowest BCUT2D eigenvalue weighted by Crippen LogP contribution is -1.95. The van der Waals surface area contributed by atoms with Gasteiger partial charge in [0.15, 0.2) is 0 Å². The highest BCUT2D eigenvalue weighted by atomic mass is 16.3. The summed E-state index contributed by atoms with van der Waals surface area (Å²) in [4.78, 5) is 0. The Hall–Kier alpha value is -2.02. The molecular formula is C16H16O2. The first-order chi connectivity index (χ1) is 8.72. The molecule has 1 aromatic rings. The van der Waals surface area contributed by atoms with Gasteiger partial charge in [-0.2, -0.15) is 0 Å². The van der Waals surface area contributed by atoms with Gasteiger partial charge in [0.05, 0.1) is 0 Å². The standard InChI is InChI=1S/C16H16O2/c1-12(13-6-8-15(18)9-7-13)16(10-11-17)14-4-2-3-5-14/h2-4,6-9,17-18H,10-11H2,1H3/b16-12+. The molecule has 0 saturated heterocycles. The van der Waals surface area contributed by atoms with Gasteiger partial charge in [-0.1, -0.05) is 18.2 Å². The van der Waals surface area contributed by atoms with Gasteiger partial charge < -0.3 is 10.2 Å². The molecular weight excluding hydrogens is 224 g/mol. The number of hydrogen-bond donors (Lipinski definition) is 2. The molecule has 0 saturated carbocycles. The van der Waals surface area contributed by atoms with E-state index in [9.17, 15) is 10.2 Å². The van der Waals surface area contributed by atoms with Crippen molar-refractivity contribution >= 4 is 5.57 Å². The van der Waals surface area contributed by atoms with Crippen LogP contribution in [0.25, 0.3) is 5.57 Å². The second kappa shape index (κ2) is 5.54. The van der Waals surface area contributed by atoms with Crippen LogP contribution in [0.15, 0.2) is 59.4 Å². The first-order valence-corrected chi connectivity index (χ1v) is 5.96. The lowest BCUT2D eigenvalue weighted by Gasteiger charge is -2.11. The van der Waals surface area contributed by atoms with Crippen molar-refractivity contribution in [2.75, 3.05) is 6.61 Å². The Balaban J connectivity index is 2.43. The lowest BCUT2D eigenvalue weighted by atomic mass is 9.94. The van der Waals surface area contributed by atoms with Crippen molar-refractivity contribution < 1.29 is 10.2 Å². The number of aromatic hydroxyl groups is 1. The summed E-state index contributed by atoms with van der Waals surface area (Å²) in [6, 6.07) is 7.10. The molecule has 0 spiro atoms. The zero-order valence-corrected chi connectivity index (χ0v) is 10.4. The SMILES string of the molecule is C/C(=C(/CCO)C1=C=CC=C1)c1ccc(O)cc1. The van der Waals surface area contributed by atoms with Gasteiger partial charge in [-0.25, -0.2) is 0 Å². The van der Waals surface area contributed by atoms with E-state index in [1.54, 1.807) is 12.1 Å². The predicted molar refractivity (Wildman–Crippen MR) is 73.1 cm³/mol. The Morgan fingerprint density at radius 2 is 1.94 bits per heavy atom. The molecule has 0 heterocycles. The van der Waals surface area contributed by atoms with E-state index >= 15 is 0 Å². The molecule has 2 nitrogen and oxygen atoms in total. The van der Waals surface area contributed by atoms with Crippen LogP contribution in [0.1, 0.15) is 18.9 Å². The van der Waals surface area contributed by atoms with E-state index in [4.69, 9.17) is 0 Å². The van der Waals surface area contributed by atoms with Gasteiger partial charge in [-0.3, -0.25) is 0 Å². The maximum absolute atomic E-state index is 9.30. The summed E-state index contributed by atoms with van der Waals surface area (Å²) >= 11 is 0. The molecule has 0 radical (unpaired) electrons. The van der Waals surface area contributed by atoms with E-state index < -0.39 is 0 Å². The summed E-state index contributed by atoms with van der Waals surface area (Å²) in [5.41, 5.74) is 7.43. The quantitative estimate of drug-likeness (QED) is 0.793. The van der Waals surface area contributed by atoms with Crippen molar-refractivity contribution in [1.29, 1.82) is 0 Å². The van der Waals surface area contributed by atoms with Crippen molar-refractivity contribution in [1.82, 2.24) is 0 Å². The summed E-state index contributed by atoms with van der Waals surface area (Å²) in [6.07, 6.45) is 6.41. The Morgan fingerprint density at radius 1 is 1.22 bits per heavy atom. The maximum atomic E-state index is 9.30. The number of aliphatic hydroxyl groups is 1. The van der Waals surface area contributed by atoms with E-state index in [1.807, 2.05) is 37.3 Å². The largest absolute Gasteiger partial charge is 0.508 e. The third-order valence-corrected chi connectivity index (χ3v) is 3.04. The van der Waals surface area contributed by atoms with E-state index in [1.165, 1.54) is 0 Å². The topological polar surface area (TPSA) is 40.5 Å². The minimum Gasteiger partial charge on any atom is -0.508 e. The molecule has 0 aliphatic heterocycles. The molecule has 2 heteroatoms. The number of phenolic OH excluding ortho intramolecular Hbond substituents is 1. The second-order valence-corrected chi connectivity index (χ2v) is 4.21. The Bertz CT molecular complexity index is 553. The summed E-state index contributed by atoms with van der Waals surface area (Å²) < 4.78 is 0. The first kappa shape index (κ1) is 12.4. The number of aliphatic hydroxyl groups excluding tert-OH is 1. The highest BCUT2D eigenvalue weighted by molar-refractivity contribution is 5.72. The third-order valence-electron chi connectivity index (χ3n) is 3.04. The molecule has 18 heavy (non-hydrogen) atoms. The normalized spacial score (nSPS) is 14.7. The van der Waals surface area contributed by atoms with Crippen molar-refractivity contribution in [3.63, 3.8) is 0 Å². The van der Waals surface area contributed by atoms with E-state index in [2.05, 4.69) is 5.73 Å². The van der Waals surface area contributed by atoms with Crippen LogP contribution in [-0.4, -0.2) is 16.8 Å². The highest BCUT2D eigenvalue weighted by Crippen LogP contribution is 2.28. The number of phenols is 1. The van der Waals surface area contributed by atoms with Gasteiger partial charge in [0.1, 0.15) is 5.75 Å². The predicted octanol–water partition coefficient (Wildman–Crippen LogP) is 3.20. The van der Waals surface area contributed by atoms with Crippen LogP contribution in [0.2, 0.25) is 0 Å². The second-order valence-electron chi connectivity index (χ2n) is 4.21. The lowest BCUT2D eigenvalue weighted by molar-refractivity contribution is 0.300. The van der Waals surface area contributed by atoms with E-state index in [0.717, 1.165) is 22.3 Å². The number of rotatable bonds is 4. The molecule has 1 aromatic carbocycles. The molecule has 2 N–H and O–H groups in total.